The Bertz CT molecular complexity index is 447. The minimum absolute atomic E-state index is 0.617. The lowest BCUT2D eigenvalue weighted by atomic mass is 10.2. The summed E-state index contributed by atoms with van der Waals surface area (Å²) in [7, 11) is 0. The van der Waals surface area contributed by atoms with Crippen molar-refractivity contribution in [3.05, 3.63) is 23.9 Å². The molecule has 1 saturated heterocycles. The Hall–Kier alpha value is -1.78. The average Bonchev–Trinajstić information content (AvgIpc) is 3.01. The van der Waals surface area contributed by atoms with Crippen molar-refractivity contribution in [2.45, 2.75) is 33.2 Å². The lowest BCUT2D eigenvalue weighted by molar-refractivity contribution is 0.458. The van der Waals surface area contributed by atoms with E-state index in [0.29, 0.717) is 12.5 Å². The molecule has 0 aliphatic carbocycles. The van der Waals surface area contributed by atoms with E-state index in [-0.39, 0.29) is 0 Å². The van der Waals surface area contributed by atoms with Crippen molar-refractivity contribution in [2.24, 2.45) is 10.7 Å². The lowest BCUT2D eigenvalue weighted by Crippen LogP contribution is -2.37. The van der Waals surface area contributed by atoms with E-state index >= 15 is 0 Å². The predicted molar refractivity (Wildman–Crippen MR) is 83.9 cm³/mol. The second kappa shape index (κ2) is 7.12. The molecule has 0 radical (unpaired) electrons. The Morgan fingerprint density at radius 2 is 2.05 bits per heavy atom. The first-order chi connectivity index (χ1) is 9.74. The minimum atomic E-state index is 0.617. The fourth-order valence-electron chi connectivity index (χ4n) is 2.50. The van der Waals surface area contributed by atoms with E-state index in [0.717, 1.165) is 37.6 Å². The summed E-state index contributed by atoms with van der Waals surface area (Å²) >= 11 is 0. The van der Waals surface area contributed by atoms with Gasteiger partial charge < -0.3 is 15.5 Å². The molecule has 2 N–H and O–H groups in total. The number of nitrogens with zero attached hydrogens (tertiary/aromatic N) is 4. The van der Waals surface area contributed by atoms with Crippen LogP contribution in [0.4, 0.5) is 5.82 Å². The number of pyridine rings is 1. The Kier molecular flexibility index (Phi) is 5.21. The third-order valence-electron chi connectivity index (χ3n) is 3.75. The molecule has 1 aliphatic heterocycles. The number of guanidine groups is 1. The van der Waals surface area contributed by atoms with Gasteiger partial charge >= 0.3 is 0 Å². The van der Waals surface area contributed by atoms with Gasteiger partial charge in [-0.1, -0.05) is 0 Å². The summed E-state index contributed by atoms with van der Waals surface area (Å²) < 4.78 is 0. The summed E-state index contributed by atoms with van der Waals surface area (Å²) in [6.07, 6.45) is 4.39. The third-order valence-corrected chi connectivity index (χ3v) is 3.75. The molecule has 0 spiro atoms. The van der Waals surface area contributed by atoms with E-state index in [4.69, 9.17) is 5.73 Å². The predicted octanol–water partition coefficient (Wildman–Crippen LogP) is 1.84. The first kappa shape index (κ1) is 14.6. The van der Waals surface area contributed by atoms with Crippen LogP contribution in [0.15, 0.2) is 23.3 Å². The average molecular weight is 275 g/mol. The van der Waals surface area contributed by atoms with Crippen LogP contribution in [-0.2, 0) is 6.54 Å². The molecule has 1 aliphatic rings. The zero-order valence-electron chi connectivity index (χ0n) is 12.5. The smallest absolute Gasteiger partial charge is 0.191 e. The molecule has 1 fully saturated rings. The van der Waals surface area contributed by atoms with Gasteiger partial charge in [0.15, 0.2) is 5.96 Å². The highest BCUT2D eigenvalue weighted by Gasteiger charge is 2.13. The quantitative estimate of drug-likeness (QED) is 0.658. The summed E-state index contributed by atoms with van der Waals surface area (Å²) in [5.41, 5.74) is 7.16. The highest BCUT2D eigenvalue weighted by Crippen LogP contribution is 2.18. The van der Waals surface area contributed by atoms with Gasteiger partial charge in [0.25, 0.3) is 0 Å². The van der Waals surface area contributed by atoms with Gasteiger partial charge in [-0.25, -0.2) is 9.98 Å². The van der Waals surface area contributed by atoms with Crippen molar-refractivity contribution in [1.82, 2.24) is 9.88 Å². The van der Waals surface area contributed by atoms with Crippen LogP contribution < -0.4 is 10.6 Å². The Morgan fingerprint density at radius 3 is 2.70 bits per heavy atom. The van der Waals surface area contributed by atoms with Gasteiger partial charge in [-0.15, -0.1) is 0 Å². The Labute approximate surface area is 121 Å². The van der Waals surface area contributed by atoms with Crippen LogP contribution in [-0.4, -0.2) is 42.0 Å². The van der Waals surface area contributed by atoms with E-state index in [9.17, 15) is 0 Å². The van der Waals surface area contributed by atoms with E-state index in [1.165, 1.54) is 12.8 Å². The van der Waals surface area contributed by atoms with E-state index in [2.05, 4.69) is 39.7 Å². The van der Waals surface area contributed by atoms with Gasteiger partial charge in [-0.05, 0) is 44.4 Å². The molecule has 2 heterocycles. The van der Waals surface area contributed by atoms with Crippen LogP contribution in [0.5, 0.6) is 0 Å². The third kappa shape index (κ3) is 3.62. The molecule has 1 aromatic heterocycles. The summed E-state index contributed by atoms with van der Waals surface area (Å²) in [6.45, 7) is 8.80. The molecular formula is C15H25N5. The maximum absolute atomic E-state index is 6.00. The Balaban J connectivity index is 2.02. The molecule has 2 rings (SSSR count). The number of rotatable bonds is 5. The fraction of sp³-hybridized carbons (Fsp3) is 0.600. The van der Waals surface area contributed by atoms with Crippen LogP contribution in [0.1, 0.15) is 32.3 Å². The molecule has 110 valence electrons. The molecule has 0 aromatic carbocycles. The van der Waals surface area contributed by atoms with Crippen molar-refractivity contribution in [2.75, 3.05) is 31.1 Å². The highest BCUT2D eigenvalue weighted by molar-refractivity contribution is 5.78. The van der Waals surface area contributed by atoms with Gasteiger partial charge in [-0.2, -0.15) is 0 Å². The van der Waals surface area contributed by atoms with Crippen molar-refractivity contribution >= 4 is 11.8 Å². The number of anilines is 1. The van der Waals surface area contributed by atoms with Gasteiger partial charge in [0, 0.05) is 32.4 Å². The molecule has 5 nitrogen and oxygen atoms in total. The molecule has 0 atom stereocenters. The van der Waals surface area contributed by atoms with Crippen LogP contribution >= 0.6 is 0 Å². The number of nitrogens with two attached hydrogens (primary N) is 1. The summed E-state index contributed by atoms with van der Waals surface area (Å²) in [4.78, 5) is 13.3. The van der Waals surface area contributed by atoms with Crippen molar-refractivity contribution < 1.29 is 0 Å². The molecule has 0 unspecified atom stereocenters. The van der Waals surface area contributed by atoms with Gasteiger partial charge in [-0.3, -0.25) is 0 Å². The van der Waals surface area contributed by atoms with Crippen LogP contribution in [0, 0.1) is 0 Å². The largest absolute Gasteiger partial charge is 0.370 e. The molecule has 0 amide bonds. The standard InChI is InChI=1S/C15H25N5/c1-3-19(4-2)15(16)18-12-13-7-8-17-14(11-13)20-9-5-6-10-20/h7-8,11H,3-6,9-10,12H2,1-2H3,(H2,16,18). The second-order valence-electron chi connectivity index (χ2n) is 5.06. The first-order valence-electron chi connectivity index (χ1n) is 7.49. The van der Waals surface area contributed by atoms with E-state index in [1.54, 1.807) is 0 Å². The molecule has 0 saturated carbocycles. The zero-order chi connectivity index (χ0) is 14.4. The number of aromatic nitrogens is 1. The zero-order valence-corrected chi connectivity index (χ0v) is 12.5. The molecule has 0 bridgehead atoms. The summed E-state index contributed by atoms with van der Waals surface area (Å²) in [5.74, 6) is 1.69. The van der Waals surface area contributed by atoms with E-state index in [1.807, 2.05) is 12.3 Å². The number of aliphatic imine (C=N–C) groups is 1. The van der Waals surface area contributed by atoms with Gasteiger partial charge in [0.05, 0.1) is 6.54 Å². The minimum Gasteiger partial charge on any atom is -0.370 e. The molecular weight excluding hydrogens is 250 g/mol. The SMILES string of the molecule is CCN(CC)C(N)=NCc1ccnc(N2CCCC2)c1. The number of hydrogen-bond donors (Lipinski definition) is 1. The van der Waals surface area contributed by atoms with E-state index < -0.39 is 0 Å². The monoisotopic (exact) mass is 275 g/mol. The summed E-state index contributed by atoms with van der Waals surface area (Å²) in [5, 5.41) is 0. The van der Waals surface area contributed by atoms with Crippen LogP contribution in [0.3, 0.4) is 0 Å². The topological polar surface area (TPSA) is 57.8 Å². The maximum Gasteiger partial charge on any atom is 0.191 e. The van der Waals surface area contributed by atoms with Gasteiger partial charge in [0.2, 0.25) is 0 Å². The molecule has 20 heavy (non-hydrogen) atoms. The first-order valence-corrected chi connectivity index (χ1v) is 7.49. The van der Waals surface area contributed by atoms with Gasteiger partial charge in [0.1, 0.15) is 5.82 Å². The fourth-order valence-corrected chi connectivity index (χ4v) is 2.50. The summed E-state index contributed by atoms with van der Waals surface area (Å²) in [6, 6.07) is 4.14. The van der Waals surface area contributed by atoms with Crippen molar-refractivity contribution in [3.63, 3.8) is 0 Å². The van der Waals surface area contributed by atoms with Crippen LogP contribution in [0.25, 0.3) is 0 Å². The highest BCUT2D eigenvalue weighted by atomic mass is 15.2. The second-order valence-corrected chi connectivity index (χ2v) is 5.06. The molecule has 1 aromatic rings. The van der Waals surface area contributed by atoms with Crippen LogP contribution in [0.2, 0.25) is 0 Å². The number of hydrogen-bond acceptors (Lipinski definition) is 3. The van der Waals surface area contributed by atoms with Crippen molar-refractivity contribution in [1.29, 1.82) is 0 Å². The lowest BCUT2D eigenvalue weighted by Gasteiger charge is -2.19. The molecule has 5 heteroatoms. The maximum atomic E-state index is 6.00. The normalized spacial score (nSPS) is 15.7. The van der Waals surface area contributed by atoms with Crippen molar-refractivity contribution in [3.8, 4) is 0 Å². The Morgan fingerprint density at radius 1 is 1.35 bits per heavy atom.